The lowest BCUT2D eigenvalue weighted by atomic mass is 10.0. The van der Waals surface area contributed by atoms with Crippen LogP contribution in [0.15, 0.2) is 141 Å². The SMILES string of the molecule is Oc1ccc2cc(-c3noc(-c4cc(-c5nc(-c6ccc7cc(O)ccc7c6)no5)cc(-c5nc(-c6ccc7cc(O)ccc7c6)no5)c4)n3)ccc2c1. The normalized spacial score (nSPS) is 11.6. The molecule has 0 amide bonds. The largest absolute Gasteiger partial charge is 0.508 e. The van der Waals surface area contributed by atoms with Gasteiger partial charge in [0, 0.05) is 33.4 Å². The molecule has 0 aliphatic heterocycles. The van der Waals surface area contributed by atoms with Crippen LogP contribution in [0.4, 0.5) is 0 Å². The Bertz CT molecular complexity index is 2740. The van der Waals surface area contributed by atoms with Crippen molar-refractivity contribution in [1.82, 2.24) is 30.4 Å². The van der Waals surface area contributed by atoms with Gasteiger partial charge in [0.05, 0.1) is 0 Å². The van der Waals surface area contributed by atoms with Gasteiger partial charge >= 0.3 is 0 Å². The zero-order valence-electron chi connectivity index (χ0n) is 27.9. The smallest absolute Gasteiger partial charge is 0.258 e. The molecule has 0 aliphatic rings. The molecular weight excluding hydrogens is 684 g/mol. The molecule has 0 atom stereocenters. The molecule has 0 saturated carbocycles. The highest BCUT2D eigenvalue weighted by atomic mass is 16.5. The third kappa shape index (κ3) is 5.60. The van der Waals surface area contributed by atoms with Crippen LogP contribution in [0.2, 0.25) is 0 Å². The van der Waals surface area contributed by atoms with Crippen LogP contribution in [-0.4, -0.2) is 45.7 Å². The number of phenols is 3. The lowest BCUT2D eigenvalue weighted by Crippen LogP contribution is -1.88. The van der Waals surface area contributed by atoms with Crippen LogP contribution in [0.25, 0.3) is 101 Å². The number of nitrogens with zero attached hydrogens (tertiary/aromatic N) is 6. The number of hydrogen-bond acceptors (Lipinski definition) is 12. The van der Waals surface area contributed by atoms with Crippen molar-refractivity contribution in [3.8, 4) is 85.8 Å². The Labute approximate surface area is 304 Å². The van der Waals surface area contributed by atoms with E-state index in [1.807, 2.05) is 72.8 Å². The predicted octanol–water partition coefficient (Wildman–Crippen LogP) is 9.41. The Kier molecular flexibility index (Phi) is 6.95. The van der Waals surface area contributed by atoms with Crippen LogP contribution in [0.5, 0.6) is 17.2 Å². The molecule has 54 heavy (non-hydrogen) atoms. The topological polar surface area (TPSA) is 177 Å². The quantitative estimate of drug-likeness (QED) is 0.149. The summed E-state index contributed by atoms with van der Waals surface area (Å²) in [7, 11) is 0. The molecule has 0 unspecified atom stereocenters. The Balaban J connectivity index is 1.05. The first-order chi connectivity index (χ1) is 26.4. The first-order valence-corrected chi connectivity index (χ1v) is 16.8. The molecule has 10 aromatic rings. The van der Waals surface area contributed by atoms with E-state index >= 15 is 0 Å². The van der Waals surface area contributed by atoms with Crippen LogP contribution in [0, 0.1) is 0 Å². The van der Waals surface area contributed by atoms with E-state index in [9.17, 15) is 15.3 Å². The summed E-state index contributed by atoms with van der Waals surface area (Å²) in [6.07, 6.45) is 0. The maximum atomic E-state index is 9.88. The van der Waals surface area contributed by atoms with Gasteiger partial charge in [-0.1, -0.05) is 70.1 Å². The minimum absolute atomic E-state index is 0.186. The van der Waals surface area contributed by atoms with Crippen molar-refractivity contribution in [1.29, 1.82) is 0 Å². The number of fused-ring (bicyclic) bond motifs is 3. The van der Waals surface area contributed by atoms with E-state index in [2.05, 4.69) is 15.5 Å². The Morgan fingerprint density at radius 2 is 0.574 bits per heavy atom. The third-order valence-electron chi connectivity index (χ3n) is 9.20. The Morgan fingerprint density at radius 1 is 0.296 bits per heavy atom. The maximum absolute atomic E-state index is 9.88. The Hall–Kier alpha value is -7.86. The molecule has 0 fully saturated rings. The van der Waals surface area contributed by atoms with Crippen molar-refractivity contribution in [3.63, 3.8) is 0 Å². The zero-order valence-corrected chi connectivity index (χ0v) is 27.9. The average Bonchev–Trinajstić information content (AvgIpc) is 4.00. The van der Waals surface area contributed by atoms with Gasteiger partial charge in [-0.3, -0.25) is 0 Å². The summed E-state index contributed by atoms with van der Waals surface area (Å²) >= 11 is 0. The van der Waals surface area contributed by atoms with Crippen molar-refractivity contribution in [2.75, 3.05) is 0 Å². The van der Waals surface area contributed by atoms with Gasteiger partial charge < -0.3 is 28.9 Å². The van der Waals surface area contributed by atoms with E-state index < -0.39 is 0 Å². The zero-order chi connectivity index (χ0) is 36.3. The predicted molar refractivity (Wildman–Crippen MR) is 200 cm³/mol. The standard InChI is InChI=1S/C42H24N6O6/c49-34-10-7-22-13-28(4-1-25(22)19-34)37-43-40(52-46-37)31-16-32(41-44-38(47-53-41)29-5-2-26-20-35(50)11-8-23(26)14-29)18-33(17-31)42-45-39(48-54-42)30-6-3-27-21-36(51)12-9-24(27)15-30/h1-21,49-51H. The molecule has 12 nitrogen and oxygen atoms in total. The lowest BCUT2D eigenvalue weighted by molar-refractivity contribution is 0.429. The second kappa shape index (κ2) is 12.1. The van der Waals surface area contributed by atoms with E-state index in [0.717, 1.165) is 49.0 Å². The number of aromatic nitrogens is 6. The Morgan fingerprint density at radius 3 is 0.889 bits per heavy atom. The molecule has 0 spiro atoms. The fourth-order valence-corrected chi connectivity index (χ4v) is 6.49. The lowest BCUT2D eigenvalue weighted by Gasteiger charge is -2.03. The van der Waals surface area contributed by atoms with E-state index in [1.165, 1.54) is 0 Å². The summed E-state index contributed by atoms with van der Waals surface area (Å²) in [6, 6.07) is 37.9. The summed E-state index contributed by atoms with van der Waals surface area (Å²) in [5.74, 6) is 2.38. The second-order valence-electron chi connectivity index (χ2n) is 12.8. The van der Waals surface area contributed by atoms with Gasteiger partial charge in [0.2, 0.25) is 17.5 Å². The molecule has 7 aromatic carbocycles. The van der Waals surface area contributed by atoms with E-state index in [0.29, 0.717) is 34.2 Å². The van der Waals surface area contributed by atoms with Crippen LogP contribution < -0.4 is 0 Å². The molecule has 0 saturated heterocycles. The molecule has 3 N–H and O–H groups in total. The van der Waals surface area contributed by atoms with Crippen molar-refractivity contribution in [2.45, 2.75) is 0 Å². The first-order valence-electron chi connectivity index (χ1n) is 16.8. The minimum atomic E-state index is 0.186. The van der Waals surface area contributed by atoms with Gasteiger partial charge in [0.25, 0.3) is 17.7 Å². The van der Waals surface area contributed by atoms with Crippen LogP contribution in [-0.2, 0) is 0 Å². The molecule has 3 heterocycles. The monoisotopic (exact) mass is 708 g/mol. The van der Waals surface area contributed by atoms with Gasteiger partial charge in [0.15, 0.2) is 0 Å². The highest BCUT2D eigenvalue weighted by molar-refractivity contribution is 5.90. The average molecular weight is 709 g/mol. The second-order valence-corrected chi connectivity index (χ2v) is 12.8. The number of rotatable bonds is 6. The number of aromatic hydroxyl groups is 3. The number of phenolic OH excluding ortho intramolecular Hbond substituents is 3. The van der Waals surface area contributed by atoms with Crippen LogP contribution in [0.1, 0.15) is 0 Å². The van der Waals surface area contributed by atoms with E-state index in [-0.39, 0.29) is 34.9 Å². The fourth-order valence-electron chi connectivity index (χ4n) is 6.49. The molecule has 0 bridgehead atoms. The molecule has 12 heteroatoms. The van der Waals surface area contributed by atoms with Crippen molar-refractivity contribution >= 4 is 32.3 Å². The van der Waals surface area contributed by atoms with Gasteiger partial charge in [-0.05, 0) is 105 Å². The van der Waals surface area contributed by atoms with Crippen molar-refractivity contribution < 1.29 is 28.9 Å². The molecule has 258 valence electrons. The summed E-state index contributed by atoms with van der Waals surface area (Å²) in [6.45, 7) is 0. The van der Waals surface area contributed by atoms with Crippen LogP contribution in [0.3, 0.4) is 0 Å². The molecule has 3 aromatic heterocycles. The van der Waals surface area contributed by atoms with Gasteiger partial charge in [-0.15, -0.1) is 0 Å². The highest BCUT2D eigenvalue weighted by Crippen LogP contribution is 2.35. The van der Waals surface area contributed by atoms with Gasteiger partial charge in [0.1, 0.15) is 17.2 Å². The summed E-state index contributed by atoms with van der Waals surface area (Å²) < 4.78 is 17.4. The number of benzene rings is 7. The van der Waals surface area contributed by atoms with E-state index in [1.54, 1.807) is 54.6 Å². The first kappa shape index (κ1) is 30.9. The van der Waals surface area contributed by atoms with Crippen molar-refractivity contribution in [3.05, 3.63) is 127 Å². The molecule has 0 radical (unpaired) electrons. The van der Waals surface area contributed by atoms with E-state index in [4.69, 9.17) is 28.5 Å². The van der Waals surface area contributed by atoms with Gasteiger partial charge in [-0.25, -0.2) is 0 Å². The molecule has 0 aliphatic carbocycles. The number of hydrogen-bond donors (Lipinski definition) is 3. The summed E-state index contributed by atoms with van der Waals surface area (Å²) in [4.78, 5) is 14.2. The van der Waals surface area contributed by atoms with Crippen molar-refractivity contribution in [2.24, 2.45) is 0 Å². The fraction of sp³-hybridized carbons (Fsp3) is 0. The highest BCUT2D eigenvalue weighted by Gasteiger charge is 2.20. The molecule has 10 rings (SSSR count). The van der Waals surface area contributed by atoms with Crippen LogP contribution >= 0.6 is 0 Å². The summed E-state index contributed by atoms with van der Waals surface area (Å²) in [5.41, 5.74) is 3.84. The minimum Gasteiger partial charge on any atom is -0.508 e. The molecular formula is C42H24N6O6. The maximum Gasteiger partial charge on any atom is 0.258 e. The van der Waals surface area contributed by atoms with Gasteiger partial charge in [-0.2, -0.15) is 15.0 Å². The summed E-state index contributed by atoms with van der Waals surface area (Å²) in [5, 5.41) is 47.8. The third-order valence-corrected chi connectivity index (χ3v) is 9.20.